The van der Waals surface area contributed by atoms with Crippen molar-refractivity contribution in [1.29, 1.82) is 0 Å². The maximum atomic E-state index is 5.90. The zero-order valence-corrected chi connectivity index (χ0v) is 14.3. The third kappa shape index (κ3) is 3.11. The van der Waals surface area contributed by atoms with Gasteiger partial charge in [-0.1, -0.05) is 24.2 Å². The second-order valence-corrected chi connectivity index (χ2v) is 6.17. The second kappa shape index (κ2) is 5.15. The second-order valence-electron chi connectivity index (χ2n) is 5.76. The van der Waals surface area contributed by atoms with Crippen LogP contribution < -0.4 is 4.43 Å². The summed E-state index contributed by atoms with van der Waals surface area (Å²) in [5.74, 6) is 2.87. The van der Waals surface area contributed by atoms with Crippen molar-refractivity contribution in [3.63, 3.8) is 0 Å². The Hall–Kier alpha value is -1.04. The van der Waals surface area contributed by atoms with Crippen molar-refractivity contribution in [2.45, 2.75) is 38.9 Å². The van der Waals surface area contributed by atoms with Crippen LogP contribution in [0.1, 0.15) is 33.3 Å². The molecule has 19 heavy (non-hydrogen) atoms. The van der Waals surface area contributed by atoms with Crippen LogP contribution in [-0.4, -0.2) is 28.8 Å². The van der Waals surface area contributed by atoms with Crippen LogP contribution in [0, 0.1) is 0 Å². The molecule has 2 rings (SSSR count). The van der Waals surface area contributed by atoms with Gasteiger partial charge < -0.3 is 13.7 Å². The first-order valence-corrected chi connectivity index (χ1v) is 7.34. The van der Waals surface area contributed by atoms with E-state index in [2.05, 4.69) is 27.7 Å². The molecular weight excluding hydrogens is 255 g/mol. The van der Waals surface area contributed by atoms with Crippen LogP contribution >= 0.6 is 0 Å². The van der Waals surface area contributed by atoms with Crippen molar-refractivity contribution in [1.82, 2.24) is 0 Å². The molecule has 0 bridgehead atoms. The van der Waals surface area contributed by atoms with E-state index < -0.39 is 0 Å². The molecule has 1 heterocycles. The molecule has 102 valence electrons. The molecule has 5 heteroatoms. The summed E-state index contributed by atoms with van der Waals surface area (Å²) in [5.41, 5.74) is 0.538. The molecule has 0 atom stereocenters. The third-order valence-electron chi connectivity index (χ3n) is 3.83. The van der Waals surface area contributed by atoms with Crippen LogP contribution in [0.3, 0.4) is 0 Å². The minimum atomic E-state index is -0.292. The van der Waals surface area contributed by atoms with Crippen molar-refractivity contribution >= 4 is 23.7 Å². The number of rotatable bonds is 3. The maximum absolute atomic E-state index is 5.90. The summed E-state index contributed by atoms with van der Waals surface area (Å²) in [7, 11) is 0.422. The average Bonchev–Trinajstić information content (AvgIpc) is 2.56. The molecule has 0 saturated carbocycles. The van der Waals surface area contributed by atoms with Gasteiger partial charge in [-0.3, -0.25) is 0 Å². The Bertz CT molecular complexity index is 452. The van der Waals surface area contributed by atoms with E-state index in [-0.39, 0.29) is 18.3 Å². The Morgan fingerprint density at radius 2 is 1.58 bits per heavy atom. The normalized spacial score (nSPS) is 21.2. The number of benzene rings is 1. The minimum Gasteiger partial charge on any atom is -0.553 e. The minimum absolute atomic E-state index is 0.285. The molecule has 1 fully saturated rings. The van der Waals surface area contributed by atoms with E-state index in [4.69, 9.17) is 13.7 Å². The summed E-state index contributed by atoms with van der Waals surface area (Å²) >= 11 is 0. The number of hydrogen-bond donors (Lipinski definition) is 0. The maximum Gasteiger partial charge on any atom is 0.487 e. The van der Waals surface area contributed by atoms with Crippen LogP contribution in [0.15, 0.2) is 30.2 Å². The van der Waals surface area contributed by atoms with Crippen molar-refractivity contribution in [3.05, 3.63) is 35.8 Å². The van der Waals surface area contributed by atoms with E-state index in [1.54, 1.807) is 0 Å². The van der Waals surface area contributed by atoms with Crippen LogP contribution in [-0.2, 0) is 9.31 Å². The molecule has 0 unspecified atom stereocenters. The summed E-state index contributed by atoms with van der Waals surface area (Å²) in [4.78, 5) is 0. The van der Waals surface area contributed by atoms with Crippen molar-refractivity contribution < 1.29 is 13.7 Å². The highest BCUT2D eigenvalue weighted by molar-refractivity contribution is 6.52. The SMILES string of the molecule is CC1(C)OB(C=Cc2ccc(O[SiH3])cc2)OC1(C)C. The molecular formula is C14H21BO3Si. The first kappa shape index (κ1) is 14.4. The fourth-order valence-electron chi connectivity index (χ4n) is 1.87. The Kier molecular flexibility index (Phi) is 3.90. The van der Waals surface area contributed by atoms with Crippen molar-refractivity contribution in [3.8, 4) is 5.75 Å². The van der Waals surface area contributed by atoms with Gasteiger partial charge in [0, 0.05) is 0 Å². The van der Waals surface area contributed by atoms with Crippen LogP contribution in [0.5, 0.6) is 5.75 Å². The van der Waals surface area contributed by atoms with E-state index in [0.29, 0.717) is 10.5 Å². The van der Waals surface area contributed by atoms with Gasteiger partial charge in [-0.05, 0) is 45.4 Å². The Morgan fingerprint density at radius 1 is 1.05 bits per heavy atom. The molecule has 0 spiro atoms. The molecule has 1 aliphatic heterocycles. The quantitative estimate of drug-likeness (QED) is 0.790. The average molecular weight is 276 g/mol. The largest absolute Gasteiger partial charge is 0.553 e. The molecule has 0 N–H and O–H groups in total. The third-order valence-corrected chi connectivity index (χ3v) is 4.30. The molecule has 1 aromatic carbocycles. The molecule has 3 nitrogen and oxygen atoms in total. The monoisotopic (exact) mass is 276 g/mol. The zero-order chi connectivity index (χ0) is 14.1. The topological polar surface area (TPSA) is 27.7 Å². The molecule has 1 aromatic rings. The van der Waals surface area contributed by atoms with Gasteiger partial charge in [-0.2, -0.15) is 0 Å². The van der Waals surface area contributed by atoms with E-state index in [1.165, 1.54) is 0 Å². The molecule has 1 saturated heterocycles. The van der Waals surface area contributed by atoms with Gasteiger partial charge in [0.05, 0.1) is 11.2 Å². The van der Waals surface area contributed by atoms with E-state index in [1.807, 2.05) is 36.3 Å². The van der Waals surface area contributed by atoms with E-state index in [0.717, 1.165) is 11.3 Å². The molecule has 0 amide bonds. The van der Waals surface area contributed by atoms with Crippen LogP contribution in [0.4, 0.5) is 0 Å². The lowest BCUT2D eigenvalue weighted by Gasteiger charge is -2.32. The number of hydrogen-bond acceptors (Lipinski definition) is 3. The fourth-order valence-corrected chi connectivity index (χ4v) is 2.14. The molecule has 0 aromatic heterocycles. The van der Waals surface area contributed by atoms with E-state index in [9.17, 15) is 0 Å². The summed E-state index contributed by atoms with van der Waals surface area (Å²) in [5, 5.41) is 0. The highest BCUT2D eigenvalue weighted by Crippen LogP contribution is 2.37. The van der Waals surface area contributed by atoms with Gasteiger partial charge in [0.2, 0.25) is 10.5 Å². The van der Waals surface area contributed by atoms with Gasteiger partial charge in [0.15, 0.2) is 0 Å². The lowest BCUT2D eigenvalue weighted by atomic mass is 9.89. The van der Waals surface area contributed by atoms with Gasteiger partial charge in [0.1, 0.15) is 5.75 Å². The standard InChI is InChI=1S/C14H21BO3Si/c1-13(2)14(3,4)18-15(17-13)10-9-11-5-7-12(16-19)8-6-11/h5-10H,1-4,19H3. The first-order valence-electron chi connectivity index (χ1n) is 6.52. The van der Waals surface area contributed by atoms with Crippen LogP contribution in [0.2, 0.25) is 0 Å². The van der Waals surface area contributed by atoms with Crippen LogP contribution in [0.25, 0.3) is 6.08 Å². The summed E-state index contributed by atoms with van der Waals surface area (Å²) in [6.45, 7) is 8.21. The molecule has 0 radical (unpaired) electrons. The Balaban J connectivity index is 2.04. The van der Waals surface area contributed by atoms with Gasteiger partial charge >= 0.3 is 7.12 Å². The summed E-state index contributed by atoms with van der Waals surface area (Å²) in [6.07, 6.45) is 2.01. The highest BCUT2D eigenvalue weighted by Gasteiger charge is 2.49. The Labute approximate surface area is 118 Å². The predicted molar refractivity (Wildman–Crippen MR) is 82.1 cm³/mol. The van der Waals surface area contributed by atoms with Crippen molar-refractivity contribution in [2.75, 3.05) is 0 Å². The van der Waals surface area contributed by atoms with Gasteiger partial charge in [0.25, 0.3) is 0 Å². The Morgan fingerprint density at radius 3 is 2.05 bits per heavy atom. The van der Waals surface area contributed by atoms with Crippen molar-refractivity contribution in [2.24, 2.45) is 0 Å². The zero-order valence-electron chi connectivity index (χ0n) is 12.3. The van der Waals surface area contributed by atoms with E-state index >= 15 is 0 Å². The fraction of sp³-hybridized carbons (Fsp3) is 0.429. The lowest BCUT2D eigenvalue weighted by Crippen LogP contribution is -2.41. The predicted octanol–water partition coefficient (Wildman–Crippen LogP) is 1.99. The van der Waals surface area contributed by atoms with Gasteiger partial charge in [-0.15, -0.1) is 0 Å². The lowest BCUT2D eigenvalue weighted by molar-refractivity contribution is 0.00578. The smallest absolute Gasteiger partial charge is 0.487 e. The molecule has 1 aliphatic rings. The molecule has 0 aliphatic carbocycles. The first-order chi connectivity index (χ1) is 8.84. The summed E-state index contributed by atoms with van der Waals surface area (Å²) < 4.78 is 17.1. The summed E-state index contributed by atoms with van der Waals surface area (Å²) in [6, 6.07) is 7.98. The van der Waals surface area contributed by atoms with Gasteiger partial charge in [-0.25, -0.2) is 0 Å². The highest BCUT2D eigenvalue weighted by atomic mass is 28.2.